The molecule has 0 aliphatic carbocycles. The Balaban J connectivity index is 1.81. The van der Waals surface area contributed by atoms with Gasteiger partial charge in [0.1, 0.15) is 16.5 Å². The number of nitrogens with one attached hydrogen (secondary N) is 2. The zero-order valence-electron chi connectivity index (χ0n) is 19.6. The topological polar surface area (TPSA) is 78.4 Å². The molecule has 0 spiro atoms. The average Bonchev–Trinajstić information content (AvgIpc) is 2.77. The number of hydrogen-bond acceptors (Lipinski definition) is 4. The second-order valence-electron chi connectivity index (χ2n) is 8.47. The van der Waals surface area contributed by atoms with Crippen molar-refractivity contribution in [1.29, 1.82) is 0 Å². The molecule has 188 valence electrons. The van der Waals surface area contributed by atoms with E-state index in [1.54, 1.807) is 19.1 Å². The first-order valence-electron chi connectivity index (χ1n) is 11.3. The van der Waals surface area contributed by atoms with E-state index < -0.39 is 33.8 Å². The summed E-state index contributed by atoms with van der Waals surface area (Å²) in [5.74, 6) is -1.57. The van der Waals surface area contributed by atoms with E-state index in [0.29, 0.717) is 12.1 Å². The van der Waals surface area contributed by atoms with Gasteiger partial charge in [-0.1, -0.05) is 54.9 Å². The molecule has 2 unspecified atom stereocenters. The molecule has 0 saturated heterocycles. The quantitative estimate of drug-likeness (QED) is 0.346. The lowest BCUT2D eigenvalue weighted by Gasteiger charge is -2.25. The molecule has 5 nitrogen and oxygen atoms in total. The molecular weight excluding hydrogens is 494 g/mol. The van der Waals surface area contributed by atoms with Gasteiger partial charge in [0.05, 0.1) is 17.2 Å². The number of hydrogen-bond donors (Lipinski definition) is 3. The molecule has 0 amide bonds. The van der Waals surface area contributed by atoms with Crippen molar-refractivity contribution in [3.05, 3.63) is 99.6 Å². The summed E-state index contributed by atoms with van der Waals surface area (Å²) in [6, 6.07) is 14.6. The van der Waals surface area contributed by atoms with Gasteiger partial charge in [0.2, 0.25) is 10.0 Å². The van der Waals surface area contributed by atoms with Crippen LogP contribution >= 0.6 is 11.6 Å². The second kappa shape index (κ2) is 12.1. The normalized spacial score (nSPS) is 13.5. The van der Waals surface area contributed by atoms with Gasteiger partial charge in [0.25, 0.3) is 0 Å². The number of halogens is 3. The second-order valence-corrected chi connectivity index (χ2v) is 10.5. The average molecular weight is 523 g/mol. The largest absolute Gasteiger partial charge is 0.390 e. The number of aryl methyl sites for hydroxylation is 2. The van der Waals surface area contributed by atoms with E-state index in [1.165, 1.54) is 11.6 Å². The molecule has 0 aliphatic heterocycles. The molecule has 0 aromatic heterocycles. The first-order valence-corrected chi connectivity index (χ1v) is 13.1. The summed E-state index contributed by atoms with van der Waals surface area (Å²) in [5, 5.41) is 14.1. The van der Waals surface area contributed by atoms with Crippen LogP contribution in [-0.2, 0) is 29.4 Å². The van der Waals surface area contributed by atoms with E-state index in [9.17, 15) is 22.3 Å². The Morgan fingerprint density at radius 3 is 2.29 bits per heavy atom. The Bertz CT molecular complexity index is 1230. The van der Waals surface area contributed by atoms with E-state index in [4.69, 9.17) is 11.6 Å². The van der Waals surface area contributed by atoms with Crippen LogP contribution in [0.5, 0.6) is 0 Å². The maximum absolute atomic E-state index is 13.8. The van der Waals surface area contributed by atoms with E-state index >= 15 is 0 Å². The summed E-state index contributed by atoms with van der Waals surface area (Å²) < 4.78 is 56.4. The first-order chi connectivity index (χ1) is 16.6. The summed E-state index contributed by atoms with van der Waals surface area (Å²) in [6.45, 7) is 4.17. The first kappa shape index (κ1) is 27.2. The molecule has 9 heteroatoms. The number of aliphatic hydroxyl groups excluding tert-OH is 1. The molecule has 0 heterocycles. The van der Waals surface area contributed by atoms with Crippen molar-refractivity contribution in [2.45, 2.75) is 50.3 Å². The molecule has 2 atom stereocenters. The van der Waals surface area contributed by atoms with Crippen molar-refractivity contribution in [2.24, 2.45) is 0 Å². The highest BCUT2D eigenvalue weighted by atomic mass is 35.5. The summed E-state index contributed by atoms with van der Waals surface area (Å²) in [7, 11) is -4.15. The van der Waals surface area contributed by atoms with Crippen molar-refractivity contribution in [3.8, 4) is 0 Å². The third kappa shape index (κ3) is 7.56. The fourth-order valence-corrected chi connectivity index (χ4v) is 6.02. The SMILES string of the molecule is CCc1cccc(CNCC(O)C(Cc2cc(F)cc(F)c2)NS(=O)(=O)c2c(C)cccc2Cl)c1. The molecule has 3 N–H and O–H groups in total. The Hall–Kier alpha value is -2.36. The fourth-order valence-electron chi connectivity index (χ4n) is 3.92. The molecule has 0 saturated carbocycles. The zero-order chi connectivity index (χ0) is 25.6. The number of rotatable bonds is 11. The maximum Gasteiger partial charge on any atom is 0.242 e. The highest BCUT2D eigenvalue weighted by molar-refractivity contribution is 7.89. The lowest BCUT2D eigenvalue weighted by molar-refractivity contribution is 0.134. The van der Waals surface area contributed by atoms with Crippen LogP contribution in [0.4, 0.5) is 8.78 Å². The summed E-state index contributed by atoms with van der Waals surface area (Å²) >= 11 is 6.16. The molecular formula is C26H29ClF2N2O3S. The molecule has 0 fully saturated rings. The molecule has 3 rings (SSSR count). The molecule has 0 bridgehead atoms. The minimum absolute atomic E-state index is 0.0384. The third-order valence-electron chi connectivity index (χ3n) is 5.66. The van der Waals surface area contributed by atoms with Crippen molar-refractivity contribution in [2.75, 3.05) is 6.54 Å². The van der Waals surface area contributed by atoms with Gasteiger partial charge in [-0.05, 0) is 60.2 Å². The van der Waals surface area contributed by atoms with E-state index in [-0.39, 0.29) is 28.4 Å². The van der Waals surface area contributed by atoms with Crippen LogP contribution in [0.1, 0.15) is 29.2 Å². The van der Waals surface area contributed by atoms with Gasteiger partial charge < -0.3 is 10.4 Å². The van der Waals surface area contributed by atoms with Gasteiger partial charge in [0.15, 0.2) is 0 Å². The molecule has 0 aliphatic rings. The van der Waals surface area contributed by atoms with Crippen molar-refractivity contribution in [1.82, 2.24) is 10.0 Å². The Morgan fingerprint density at radius 2 is 1.63 bits per heavy atom. The van der Waals surface area contributed by atoms with Crippen LogP contribution in [0.2, 0.25) is 5.02 Å². The zero-order valence-corrected chi connectivity index (χ0v) is 21.1. The van der Waals surface area contributed by atoms with Gasteiger partial charge in [-0.2, -0.15) is 0 Å². The van der Waals surface area contributed by atoms with E-state index in [0.717, 1.165) is 30.2 Å². The third-order valence-corrected chi connectivity index (χ3v) is 7.78. The highest BCUT2D eigenvalue weighted by Gasteiger charge is 2.29. The Kier molecular flexibility index (Phi) is 9.38. The Labute approximate surface area is 210 Å². The predicted molar refractivity (Wildman–Crippen MR) is 134 cm³/mol. The summed E-state index contributed by atoms with van der Waals surface area (Å²) in [6.07, 6.45) is -0.439. The lowest BCUT2D eigenvalue weighted by atomic mass is 10.0. The van der Waals surface area contributed by atoms with Crippen LogP contribution < -0.4 is 10.0 Å². The van der Waals surface area contributed by atoms with Gasteiger partial charge in [-0.3, -0.25) is 0 Å². The number of aliphatic hydroxyl groups is 1. The molecule has 3 aromatic carbocycles. The lowest BCUT2D eigenvalue weighted by Crippen LogP contribution is -2.48. The van der Waals surface area contributed by atoms with Gasteiger partial charge in [-0.15, -0.1) is 0 Å². The monoisotopic (exact) mass is 522 g/mol. The minimum atomic E-state index is -4.15. The van der Waals surface area contributed by atoms with Gasteiger partial charge in [-0.25, -0.2) is 21.9 Å². The fraction of sp³-hybridized carbons (Fsp3) is 0.308. The van der Waals surface area contributed by atoms with Crippen molar-refractivity contribution in [3.63, 3.8) is 0 Å². The van der Waals surface area contributed by atoms with Crippen molar-refractivity contribution < 1.29 is 22.3 Å². The van der Waals surface area contributed by atoms with Crippen LogP contribution in [0.15, 0.2) is 65.6 Å². The summed E-state index contributed by atoms with van der Waals surface area (Å²) in [4.78, 5) is -0.103. The summed E-state index contributed by atoms with van der Waals surface area (Å²) in [5.41, 5.74) is 2.84. The standard InChI is InChI=1S/C26H29ClF2N2O3S/c1-3-18-7-5-8-19(10-18)15-30-16-25(32)24(13-20-11-21(28)14-22(29)12-20)31-35(33,34)26-17(2)6-4-9-23(26)27/h4-12,14,24-25,30-32H,3,13,15-16H2,1-2H3. The van der Waals surface area contributed by atoms with Crippen molar-refractivity contribution >= 4 is 21.6 Å². The molecule has 0 radical (unpaired) electrons. The van der Waals surface area contributed by atoms with Crippen LogP contribution in [0.25, 0.3) is 0 Å². The number of sulfonamides is 1. The van der Waals surface area contributed by atoms with Crippen LogP contribution in [0, 0.1) is 18.6 Å². The smallest absolute Gasteiger partial charge is 0.242 e. The number of benzene rings is 3. The highest BCUT2D eigenvalue weighted by Crippen LogP contribution is 2.25. The van der Waals surface area contributed by atoms with E-state index in [1.807, 2.05) is 18.2 Å². The predicted octanol–water partition coefficient (Wildman–Crippen LogP) is 4.53. The van der Waals surface area contributed by atoms with E-state index in [2.05, 4.69) is 23.0 Å². The Morgan fingerprint density at radius 1 is 0.971 bits per heavy atom. The maximum atomic E-state index is 13.8. The minimum Gasteiger partial charge on any atom is -0.390 e. The van der Waals surface area contributed by atoms with Crippen LogP contribution in [-0.4, -0.2) is 32.2 Å². The van der Waals surface area contributed by atoms with Crippen LogP contribution in [0.3, 0.4) is 0 Å². The van der Waals surface area contributed by atoms with Gasteiger partial charge >= 0.3 is 0 Å². The molecule has 3 aromatic rings. The molecule has 35 heavy (non-hydrogen) atoms. The van der Waals surface area contributed by atoms with Gasteiger partial charge in [0, 0.05) is 19.2 Å².